The van der Waals surface area contributed by atoms with Gasteiger partial charge in [-0.1, -0.05) is 0 Å². The van der Waals surface area contributed by atoms with Gasteiger partial charge in [-0.3, -0.25) is 4.90 Å². The van der Waals surface area contributed by atoms with Gasteiger partial charge in [-0.05, 0) is 51.8 Å². The third-order valence-electron chi connectivity index (χ3n) is 6.07. The molecule has 1 amide bonds. The number of nitrogen functional groups attached to an aromatic ring is 1. The fourth-order valence-corrected chi connectivity index (χ4v) is 4.74. The topological polar surface area (TPSA) is 62.0 Å². The maximum atomic E-state index is 14.2. The van der Waals surface area contributed by atoms with Gasteiger partial charge in [0, 0.05) is 56.4 Å². The second-order valence-electron chi connectivity index (χ2n) is 9.67. The van der Waals surface area contributed by atoms with Crippen LogP contribution in [-0.2, 0) is 4.74 Å². The number of anilines is 2. The number of likely N-dealkylation sites (tertiary alicyclic amines) is 2. The van der Waals surface area contributed by atoms with E-state index in [9.17, 15) is 9.18 Å². The molecular formula is C21H31FN4O2. The van der Waals surface area contributed by atoms with Gasteiger partial charge in [0.15, 0.2) is 0 Å². The van der Waals surface area contributed by atoms with E-state index >= 15 is 0 Å². The number of rotatable bonds is 2. The van der Waals surface area contributed by atoms with Gasteiger partial charge in [0.05, 0.1) is 5.69 Å². The summed E-state index contributed by atoms with van der Waals surface area (Å²) < 4.78 is 19.6. The molecule has 154 valence electrons. The number of ether oxygens (including phenoxy) is 1. The Morgan fingerprint density at radius 3 is 2.39 bits per heavy atom. The zero-order valence-electron chi connectivity index (χ0n) is 17.1. The van der Waals surface area contributed by atoms with Gasteiger partial charge in [0.2, 0.25) is 0 Å². The van der Waals surface area contributed by atoms with Crippen molar-refractivity contribution in [3.63, 3.8) is 0 Å². The van der Waals surface area contributed by atoms with E-state index in [1.165, 1.54) is 6.07 Å². The molecule has 2 N–H and O–H groups in total. The predicted octanol–water partition coefficient (Wildman–Crippen LogP) is 2.93. The molecule has 0 unspecified atom stereocenters. The summed E-state index contributed by atoms with van der Waals surface area (Å²) in [6.07, 6.45) is 1.88. The molecular weight excluding hydrogens is 359 g/mol. The van der Waals surface area contributed by atoms with Crippen LogP contribution in [0.25, 0.3) is 0 Å². The first kappa shape index (κ1) is 19.3. The van der Waals surface area contributed by atoms with E-state index in [0.717, 1.165) is 52.1 Å². The molecule has 6 nitrogen and oxygen atoms in total. The Bertz CT molecular complexity index is 741. The van der Waals surface area contributed by atoms with Crippen molar-refractivity contribution >= 4 is 17.5 Å². The van der Waals surface area contributed by atoms with Gasteiger partial charge >= 0.3 is 6.09 Å². The van der Waals surface area contributed by atoms with E-state index in [1.807, 2.05) is 25.7 Å². The van der Waals surface area contributed by atoms with Crippen LogP contribution in [0.3, 0.4) is 0 Å². The van der Waals surface area contributed by atoms with Gasteiger partial charge in [-0.25, -0.2) is 9.18 Å². The highest BCUT2D eigenvalue weighted by molar-refractivity contribution is 5.69. The van der Waals surface area contributed by atoms with Gasteiger partial charge in [0.1, 0.15) is 11.4 Å². The number of benzene rings is 1. The van der Waals surface area contributed by atoms with Crippen molar-refractivity contribution in [3.05, 3.63) is 24.0 Å². The fraction of sp³-hybridized carbons (Fsp3) is 0.667. The smallest absolute Gasteiger partial charge is 0.410 e. The standard InChI is InChI=1S/C21H31FN4O2/c1-20(2,3)28-19(27)26-13-21(14-26)11-25(12-21)16-6-8-24(9-7-16)18-5-4-15(23)10-17(18)22/h4-5,10,16H,6-9,11-14,23H2,1-3H3. The van der Waals surface area contributed by atoms with Crippen molar-refractivity contribution in [1.82, 2.24) is 9.80 Å². The molecule has 3 heterocycles. The minimum atomic E-state index is -0.441. The minimum absolute atomic E-state index is 0.199. The Labute approximate surface area is 166 Å². The highest BCUT2D eigenvalue weighted by Gasteiger charge is 2.55. The van der Waals surface area contributed by atoms with Crippen LogP contribution in [0.4, 0.5) is 20.6 Å². The van der Waals surface area contributed by atoms with Crippen LogP contribution in [0.2, 0.25) is 0 Å². The van der Waals surface area contributed by atoms with E-state index < -0.39 is 5.60 Å². The van der Waals surface area contributed by atoms with Crippen molar-refractivity contribution in [1.29, 1.82) is 0 Å². The van der Waals surface area contributed by atoms with Gasteiger partial charge in [-0.15, -0.1) is 0 Å². The maximum absolute atomic E-state index is 14.2. The zero-order chi connectivity index (χ0) is 20.1. The molecule has 0 aliphatic carbocycles. The second kappa shape index (κ2) is 6.79. The number of nitrogens with zero attached hydrogens (tertiary/aromatic N) is 3. The van der Waals surface area contributed by atoms with Crippen molar-refractivity contribution in [2.24, 2.45) is 5.41 Å². The lowest BCUT2D eigenvalue weighted by Crippen LogP contribution is -2.74. The van der Waals surface area contributed by atoms with Crippen LogP contribution in [0, 0.1) is 11.2 Å². The summed E-state index contributed by atoms with van der Waals surface area (Å²) in [7, 11) is 0. The number of halogens is 1. The first-order valence-corrected chi connectivity index (χ1v) is 10.2. The molecule has 28 heavy (non-hydrogen) atoms. The molecule has 0 aromatic heterocycles. The molecule has 1 aromatic rings. The third-order valence-corrected chi connectivity index (χ3v) is 6.07. The average molecular weight is 391 g/mol. The fourth-order valence-electron chi connectivity index (χ4n) is 4.74. The number of carbonyl (C=O) groups excluding carboxylic acids is 1. The maximum Gasteiger partial charge on any atom is 0.410 e. The van der Waals surface area contributed by atoms with Gasteiger partial charge < -0.3 is 20.3 Å². The molecule has 3 saturated heterocycles. The van der Waals surface area contributed by atoms with Crippen molar-refractivity contribution in [2.75, 3.05) is 49.9 Å². The molecule has 1 spiro atoms. The molecule has 7 heteroatoms. The Balaban J connectivity index is 1.22. The first-order chi connectivity index (χ1) is 13.1. The second-order valence-corrected chi connectivity index (χ2v) is 9.67. The molecule has 4 rings (SSSR count). The summed E-state index contributed by atoms with van der Waals surface area (Å²) in [5.74, 6) is -0.238. The Hall–Kier alpha value is -2.02. The Kier molecular flexibility index (Phi) is 4.68. The summed E-state index contributed by atoms with van der Waals surface area (Å²) in [6, 6.07) is 5.49. The van der Waals surface area contributed by atoms with Crippen LogP contribution in [0.1, 0.15) is 33.6 Å². The highest BCUT2D eigenvalue weighted by atomic mass is 19.1. The van der Waals surface area contributed by atoms with Crippen LogP contribution in [-0.4, -0.2) is 66.8 Å². The van der Waals surface area contributed by atoms with E-state index in [2.05, 4.69) is 9.80 Å². The van der Waals surface area contributed by atoms with Crippen molar-refractivity contribution in [2.45, 2.75) is 45.3 Å². The Morgan fingerprint density at radius 2 is 1.82 bits per heavy atom. The third kappa shape index (κ3) is 3.77. The van der Waals surface area contributed by atoms with Crippen LogP contribution < -0.4 is 10.6 Å². The van der Waals surface area contributed by atoms with E-state index in [4.69, 9.17) is 10.5 Å². The number of amides is 1. The number of piperidine rings is 1. The quantitative estimate of drug-likeness (QED) is 0.787. The molecule has 3 aliphatic rings. The minimum Gasteiger partial charge on any atom is -0.444 e. The number of carbonyl (C=O) groups is 1. The molecule has 3 fully saturated rings. The van der Waals surface area contributed by atoms with Crippen LogP contribution in [0.5, 0.6) is 0 Å². The predicted molar refractivity (Wildman–Crippen MR) is 108 cm³/mol. The van der Waals surface area contributed by atoms with E-state index in [-0.39, 0.29) is 17.3 Å². The summed E-state index contributed by atoms with van der Waals surface area (Å²) in [5, 5.41) is 0. The summed E-state index contributed by atoms with van der Waals surface area (Å²) in [6.45, 7) is 11.1. The SMILES string of the molecule is CC(C)(C)OC(=O)N1CC2(C1)CN(C1CCN(c3ccc(N)cc3F)CC1)C2. The molecule has 0 radical (unpaired) electrons. The molecule has 3 aliphatic heterocycles. The largest absolute Gasteiger partial charge is 0.444 e. The number of hydrogen-bond donors (Lipinski definition) is 1. The average Bonchev–Trinajstić information content (AvgIpc) is 2.51. The first-order valence-electron chi connectivity index (χ1n) is 10.2. The van der Waals surface area contributed by atoms with Gasteiger partial charge in [-0.2, -0.15) is 0 Å². The molecule has 1 aromatic carbocycles. The van der Waals surface area contributed by atoms with Crippen LogP contribution >= 0.6 is 0 Å². The summed E-state index contributed by atoms with van der Waals surface area (Å²) in [5.41, 5.74) is 6.58. The van der Waals surface area contributed by atoms with E-state index in [1.54, 1.807) is 12.1 Å². The van der Waals surface area contributed by atoms with Crippen molar-refractivity contribution < 1.29 is 13.9 Å². The monoisotopic (exact) mass is 390 g/mol. The normalized spacial score (nSPS) is 22.7. The lowest BCUT2D eigenvalue weighted by atomic mass is 9.72. The molecule has 0 atom stereocenters. The van der Waals surface area contributed by atoms with Crippen LogP contribution in [0.15, 0.2) is 18.2 Å². The summed E-state index contributed by atoms with van der Waals surface area (Å²) >= 11 is 0. The number of nitrogens with two attached hydrogens (primary N) is 1. The lowest BCUT2D eigenvalue weighted by molar-refractivity contribution is -0.128. The number of hydrogen-bond acceptors (Lipinski definition) is 5. The highest BCUT2D eigenvalue weighted by Crippen LogP contribution is 2.42. The zero-order valence-corrected chi connectivity index (χ0v) is 17.1. The van der Waals surface area contributed by atoms with Crippen molar-refractivity contribution in [3.8, 4) is 0 Å². The molecule has 0 bridgehead atoms. The van der Waals surface area contributed by atoms with E-state index in [0.29, 0.717) is 17.4 Å². The molecule has 0 saturated carbocycles. The summed E-state index contributed by atoms with van der Waals surface area (Å²) in [4.78, 5) is 18.6. The Morgan fingerprint density at radius 1 is 1.18 bits per heavy atom. The lowest BCUT2D eigenvalue weighted by Gasteiger charge is -2.62. The van der Waals surface area contributed by atoms with Gasteiger partial charge in [0.25, 0.3) is 0 Å².